The molecule has 8 heteroatoms. The van der Waals surface area contributed by atoms with Crippen LogP contribution in [0.5, 0.6) is 11.5 Å². The first-order valence-corrected chi connectivity index (χ1v) is 8.16. The second kappa shape index (κ2) is 4.56. The van der Waals surface area contributed by atoms with Crippen LogP contribution in [-0.2, 0) is 14.4 Å². The fourth-order valence-electron chi connectivity index (χ4n) is 4.72. The summed E-state index contributed by atoms with van der Waals surface area (Å²) in [6.45, 7) is 0. The van der Waals surface area contributed by atoms with Crippen molar-refractivity contribution in [3.63, 3.8) is 0 Å². The summed E-state index contributed by atoms with van der Waals surface area (Å²) in [5.41, 5.74) is 0.163. The number of hydrogen-bond acceptors (Lipinski definition) is 5. The normalized spacial score (nSPS) is 34.6. The molecule has 25 heavy (non-hydrogen) atoms. The molecule has 1 aromatic rings. The monoisotopic (exact) mass is 349 g/mol. The van der Waals surface area contributed by atoms with Gasteiger partial charge in [-0.15, -0.1) is 8.78 Å². The molecule has 2 heterocycles. The maximum absolute atomic E-state index is 13.2. The van der Waals surface area contributed by atoms with Gasteiger partial charge in [-0.3, -0.25) is 14.4 Å². The first-order valence-electron chi connectivity index (χ1n) is 8.16. The number of nitrogens with zero attached hydrogens (tertiary/aromatic N) is 1. The van der Waals surface area contributed by atoms with Gasteiger partial charge in [0.25, 0.3) is 0 Å². The van der Waals surface area contributed by atoms with Crippen molar-refractivity contribution in [1.82, 2.24) is 0 Å². The van der Waals surface area contributed by atoms with E-state index in [0.717, 1.165) is 11.3 Å². The van der Waals surface area contributed by atoms with Gasteiger partial charge in [-0.2, -0.15) is 0 Å². The van der Waals surface area contributed by atoms with Crippen molar-refractivity contribution >= 4 is 23.3 Å². The molecule has 4 fully saturated rings. The van der Waals surface area contributed by atoms with E-state index in [4.69, 9.17) is 0 Å². The lowest BCUT2D eigenvalue weighted by Crippen LogP contribution is -2.46. The maximum Gasteiger partial charge on any atom is 0.586 e. The second-order valence-electron chi connectivity index (χ2n) is 6.98. The number of fused-ring (bicyclic) bond motifs is 3. The van der Waals surface area contributed by atoms with Gasteiger partial charge in [0.1, 0.15) is 5.78 Å². The molecule has 0 N–H and O–H groups in total. The molecule has 2 bridgehead atoms. The molecule has 130 valence electrons. The lowest BCUT2D eigenvalue weighted by atomic mass is 9.59. The van der Waals surface area contributed by atoms with E-state index in [0.29, 0.717) is 12.8 Å². The molecule has 6 nitrogen and oxygen atoms in total. The minimum absolute atomic E-state index is 0.0471. The largest absolute Gasteiger partial charge is 0.586 e. The maximum atomic E-state index is 13.2. The number of amides is 2. The van der Waals surface area contributed by atoms with E-state index in [-0.39, 0.29) is 34.8 Å². The number of anilines is 1. The minimum Gasteiger partial charge on any atom is -0.395 e. The summed E-state index contributed by atoms with van der Waals surface area (Å²) >= 11 is 0. The summed E-state index contributed by atoms with van der Waals surface area (Å²) in [6.07, 6.45) is -2.03. The molecule has 2 aliphatic heterocycles. The number of benzene rings is 1. The smallest absolute Gasteiger partial charge is 0.395 e. The predicted octanol–water partition coefficient (Wildman–Crippen LogP) is 2.11. The van der Waals surface area contributed by atoms with E-state index in [2.05, 4.69) is 9.47 Å². The molecule has 3 saturated carbocycles. The summed E-state index contributed by atoms with van der Waals surface area (Å²) in [4.78, 5) is 38.8. The van der Waals surface area contributed by atoms with Crippen molar-refractivity contribution in [3.8, 4) is 11.5 Å². The zero-order valence-corrected chi connectivity index (χ0v) is 12.9. The highest BCUT2D eigenvalue weighted by atomic mass is 19.3. The average Bonchev–Trinajstić information content (AvgIpc) is 3.01. The molecule has 0 radical (unpaired) electrons. The van der Waals surface area contributed by atoms with Crippen LogP contribution in [0.15, 0.2) is 18.2 Å². The van der Waals surface area contributed by atoms with Gasteiger partial charge in [-0.25, -0.2) is 4.90 Å². The molecule has 0 spiro atoms. The number of imide groups is 1. The molecular weight excluding hydrogens is 336 g/mol. The summed E-state index contributed by atoms with van der Waals surface area (Å²) in [7, 11) is 0. The Balaban J connectivity index is 1.53. The molecule has 0 aromatic heterocycles. The lowest BCUT2D eigenvalue weighted by molar-refractivity contribution is -0.286. The van der Waals surface area contributed by atoms with Gasteiger partial charge in [0, 0.05) is 18.4 Å². The van der Waals surface area contributed by atoms with E-state index in [1.807, 2.05) is 0 Å². The Morgan fingerprint density at radius 3 is 2.48 bits per heavy atom. The third-order valence-corrected chi connectivity index (χ3v) is 5.71. The Morgan fingerprint density at radius 2 is 1.72 bits per heavy atom. The molecule has 6 rings (SSSR count). The third kappa shape index (κ3) is 1.90. The molecular formula is C17H13F2NO5. The van der Waals surface area contributed by atoms with Gasteiger partial charge < -0.3 is 9.47 Å². The number of carbonyl (C=O) groups is 3. The Labute approximate surface area is 140 Å². The molecule has 1 aromatic carbocycles. The second-order valence-corrected chi connectivity index (χ2v) is 6.98. The van der Waals surface area contributed by atoms with Gasteiger partial charge in [0.2, 0.25) is 11.8 Å². The predicted molar refractivity (Wildman–Crippen MR) is 78.0 cm³/mol. The number of Topliss-reactive ketones (excluding diaryl/α,β-unsaturated/α-hetero) is 1. The van der Waals surface area contributed by atoms with Crippen molar-refractivity contribution in [3.05, 3.63) is 18.2 Å². The summed E-state index contributed by atoms with van der Waals surface area (Å²) in [6, 6.07) is 3.82. The van der Waals surface area contributed by atoms with Gasteiger partial charge in [-0.1, -0.05) is 0 Å². The highest BCUT2D eigenvalue weighted by Crippen LogP contribution is 2.53. The van der Waals surface area contributed by atoms with Crippen LogP contribution < -0.4 is 14.4 Å². The first kappa shape index (κ1) is 14.8. The van der Waals surface area contributed by atoms with E-state index in [1.165, 1.54) is 18.2 Å². The van der Waals surface area contributed by atoms with Gasteiger partial charge in [-0.05, 0) is 30.9 Å². The molecule has 4 unspecified atom stereocenters. The number of halogens is 2. The SMILES string of the molecule is O=C1CC2CCC1C1C(=O)N(c3ccc4c(c3)OC(F)(F)O4)C(=O)C21. The summed E-state index contributed by atoms with van der Waals surface area (Å²) < 4.78 is 35.1. The number of ether oxygens (including phenoxy) is 2. The third-order valence-electron chi connectivity index (χ3n) is 5.71. The zero-order valence-electron chi connectivity index (χ0n) is 12.9. The Hall–Kier alpha value is -2.51. The van der Waals surface area contributed by atoms with E-state index in [9.17, 15) is 23.2 Å². The first-order chi connectivity index (χ1) is 11.9. The van der Waals surface area contributed by atoms with Crippen LogP contribution in [0.25, 0.3) is 0 Å². The van der Waals surface area contributed by atoms with Crippen LogP contribution in [0.3, 0.4) is 0 Å². The van der Waals surface area contributed by atoms with Crippen LogP contribution in [-0.4, -0.2) is 23.9 Å². The Bertz CT molecular complexity index is 838. The Kier molecular flexibility index (Phi) is 2.70. The molecule has 5 aliphatic rings. The zero-order chi connectivity index (χ0) is 17.5. The highest BCUT2D eigenvalue weighted by molar-refractivity contribution is 6.23. The van der Waals surface area contributed by atoms with Crippen LogP contribution in [0, 0.1) is 23.7 Å². The van der Waals surface area contributed by atoms with Gasteiger partial charge in [0.15, 0.2) is 11.5 Å². The highest BCUT2D eigenvalue weighted by Gasteiger charge is 2.61. The molecule has 1 saturated heterocycles. The lowest BCUT2D eigenvalue weighted by Gasteiger charge is -2.41. The number of ketones is 1. The fraction of sp³-hybridized carbons (Fsp3) is 0.471. The standard InChI is InChI=1S/C17H13F2NO5/c18-17(19)24-11-4-2-8(6-12(11)25-17)20-15(22)13-7-1-3-9(10(21)5-7)14(13)16(20)23/h2,4,6-7,9,13-14H,1,3,5H2. The summed E-state index contributed by atoms with van der Waals surface area (Å²) in [5, 5.41) is 0. The Morgan fingerprint density at radius 1 is 1.00 bits per heavy atom. The van der Waals surface area contributed by atoms with E-state index in [1.54, 1.807) is 0 Å². The van der Waals surface area contributed by atoms with Crippen molar-refractivity contribution in [1.29, 1.82) is 0 Å². The van der Waals surface area contributed by atoms with Crippen molar-refractivity contribution < 1.29 is 32.6 Å². The molecule has 3 aliphatic carbocycles. The van der Waals surface area contributed by atoms with Crippen LogP contribution in [0.1, 0.15) is 19.3 Å². The summed E-state index contributed by atoms with van der Waals surface area (Å²) in [5.74, 6) is -2.75. The average molecular weight is 349 g/mol. The van der Waals surface area contributed by atoms with Crippen molar-refractivity contribution in [2.24, 2.45) is 23.7 Å². The number of alkyl halides is 2. The quantitative estimate of drug-likeness (QED) is 0.726. The number of hydrogen-bond donors (Lipinski definition) is 0. The molecule has 4 atom stereocenters. The van der Waals surface area contributed by atoms with Crippen LogP contribution >= 0.6 is 0 Å². The topological polar surface area (TPSA) is 72.9 Å². The van der Waals surface area contributed by atoms with Gasteiger partial charge >= 0.3 is 6.29 Å². The number of carbonyl (C=O) groups excluding carboxylic acids is 3. The fourth-order valence-corrected chi connectivity index (χ4v) is 4.72. The van der Waals surface area contributed by atoms with Crippen molar-refractivity contribution in [2.45, 2.75) is 25.6 Å². The van der Waals surface area contributed by atoms with E-state index >= 15 is 0 Å². The minimum atomic E-state index is -3.76. The van der Waals surface area contributed by atoms with Gasteiger partial charge in [0.05, 0.1) is 17.5 Å². The number of rotatable bonds is 1. The molecule has 2 amide bonds. The van der Waals surface area contributed by atoms with E-state index < -0.39 is 30.0 Å². The van der Waals surface area contributed by atoms with Crippen LogP contribution in [0.4, 0.5) is 14.5 Å². The van der Waals surface area contributed by atoms with Crippen LogP contribution in [0.2, 0.25) is 0 Å². The van der Waals surface area contributed by atoms with Crippen molar-refractivity contribution in [2.75, 3.05) is 4.90 Å².